The molecule has 0 saturated carbocycles. The number of ether oxygens (including phenoxy) is 1. The Morgan fingerprint density at radius 2 is 1.54 bits per heavy atom. The second kappa shape index (κ2) is 8.68. The van der Waals surface area contributed by atoms with Gasteiger partial charge in [-0.15, -0.1) is 0 Å². The van der Waals surface area contributed by atoms with Gasteiger partial charge in [-0.3, -0.25) is 14.9 Å². The van der Waals surface area contributed by atoms with Crippen molar-refractivity contribution in [3.63, 3.8) is 0 Å². The standard InChI is InChI=1S/C21H19N3O4/c1-15(21(25)23-19-9-5-6-10-20(19)24(26)27)22-16-11-13-18(14-12-16)28-17-7-3-2-4-8-17/h2-15,22H,1H3,(H,23,25). The number of carbonyl (C=O) groups is 1. The van der Waals surface area contributed by atoms with Crippen molar-refractivity contribution in [2.45, 2.75) is 13.0 Å². The summed E-state index contributed by atoms with van der Waals surface area (Å²) in [7, 11) is 0. The van der Waals surface area contributed by atoms with Gasteiger partial charge in [0.1, 0.15) is 23.2 Å². The number of nitrogens with zero attached hydrogens (tertiary/aromatic N) is 1. The molecule has 1 atom stereocenters. The number of benzene rings is 3. The Kier molecular flexibility index (Phi) is 5.86. The van der Waals surface area contributed by atoms with Crippen molar-refractivity contribution in [3.8, 4) is 11.5 Å². The predicted octanol–water partition coefficient (Wildman–Crippen LogP) is 4.83. The molecule has 2 N–H and O–H groups in total. The third-order valence-corrected chi connectivity index (χ3v) is 3.97. The van der Waals surface area contributed by atoms with Gasteiger partial charge in [0, 0.05) is 11.8 Å². The summed E-state index contributed by atoms with van der Waals surface area (Å²) in [6, 6.07) is 22.0. The second-order valence-corrected chi connectivity index (χ2v) is 6.07. The largest absolute Gasteiger partial charge is 0.457 e. The molecule has 3 aromatic rings. The maximum absolute atomic E-state index is 12.4. The Morgan fingerprint density at radius 1 is 0.929 bits per heavy atom. The lowest BCUT2D eigenvalue weighted by molar-refractivity contribution is -0.383. The van der Waals surface area contributed by atoms with Crippen LogP contribution in [0.4, 0.5) is 17.1 Å². The predicted molar refractivity (Wildman–Crippen MR) is 108 cm³/mol. The lowest BCUT2D eigenvalue weighted by Gasteiger charge is -2.15. The Bertz CT molecular complexity index is 959. The van der Waals surface area contributed by atoms with Gasteiger partial charge in [-0.05, 0) is 49.4 Å². The first-order valence-electron chi connectivity index (χ1n) is 8.67. The summed E-state index contributed by atoms with van der Waals surface area (Å²) in [6.45, 7) is 1.68. The molecule has 1 unspecified atom stereocenters. The number of amides is 1. The van der Waals surface area contributed by atoms with Crippen LogP contribution >= 0.6 is 0 Å². The summed E-state index contributed by atoms with van der Waals surface area (Å²) in [5.74, 6) is 1.04. The first-order valence-corrected chi connectivity index (χ1v) is 8.67. The molecule has 7 heteroatoms. The van der Waals surface area contributed by atoms with E-state index in [1.807, 2.05) is 30.3 Å². The number of nitro benzene ring substituents is 1. The summed E-state index contributed by atoms with van der Waals surface area (Å²) < 4.78 is 5.73. The quantitative estimate of drug-likeness (QED) is 0.454. The molecule has 0 fully saturated rings. The Balaban J connectivity index is 1.60. The van der Waals surface area contributed by atoms with E-state index in [9.17, 15) is 14.9 Å². The molecule has 0 spiro atoms. The van der Waals surface area contributed by atoms with Crippen LogP contribution in [0.1, 0.15) is 6.92 Å². The number of nitrogens with one attached hydrogen (secondary N) is 2. The zero-order valence-electron chi connectivity index (χ0n) is 15.2. The van der Waals surface area contributed by atoms with Crippen LogP contribution < -0.4 is 15.4 Å². The molecule has 7 nitrogen and oxygen atoms in total. The molecule has 0 heterocycles. The van der Waals surface area contributed by atoms with E-state index < -0.39 is 11.0 Å². The fourth-order valence-electron chi connectivity index (χ4n) is 2.54. The fourth-order valence-corrected chi connectivity index (χ4v) is 2.54. The van der Waals surface area contributed by atoms with E-state index in [1.165, 1.54) is 12.1 Å². The molecule has 0 aliphatic rings. The third-order valence-electron chi connectivity index (χ3n) is 3.97. The Hall–Kier alpha value is -3.87. The van der Waals surface area contributed by atoms with Gasteiger partial charge < -0.3 is 15.4 Å². The molecule has 0 saturated heterocycles. The minimum atomic E-state index is -0.597. The fraction of sp³-hybridized carbons (Fsp3) is 0.0952. The van der Waals surface area contributed by atoms with Gasteiger partial charge in [0.2, 0.25) is 5.91 Å². The van der Waals surface area contributed by atoms with Crippen LogP contribution in [-0.2, 0) is 4.79 Å². The van der Waals surface area contributed by atoms with Gasteiger partial charge in [0.05, 0.1) is 4.92 Å². The molecule has 1 amide bonds. The van der Waals surface area contributed by atoms with Gasteiger partial charge in [-0.25, -0.2) is 0 Å². The minimum Gasteiger partial charge on any atom is -0.457 e. The minimum absolute atomic E-state index is 0.148. The maximum Gasteiger partial charge on any atom is 0.292 e. The highest BCUT2D eigenvalue weighted by atomic mass is 16.6. The zero-order chi connectivity index (χ0) is 19.9. The van der Waals surface area contributed by atoms with Crippen molar-refractivity contribution in [2.24, 2.45) is 0 Å². The van der Waals surface area contributed by atoms with E-state index in [2.05, 4.69) is 10.6 Å². The lowest BCUT2D eigenvalue weighted by Crippen LogP contribution is -2.32. The number of anilines is 2. The van der Waals surface area contributed by atoms with E-state index in [0.29, 0.717) is 5.75 Å². The van der Waals surface area contributed by atoms with Crippen LogP contribution in [0.3, 0.4) is 0 Å². The topological polar surface area (TPSA) is 93.5 Å². The van der Waals surface area contributed by atoms with E-state index in [1.54, 1.807) is 43.3 Å². The molecule has 3 rings (SSSR count). The lowest BCUT2D eigenvalue weighted by atomic mass is 10.2. The van der Waals surface area contributed by atoms with Crippen molar-refractivity contribution in [1.29, 1.82) is 0 Å². The summed E-state index contributed by atoms with van der Waals surface area (Å²) in [5.41, 5.74) is 0.744. The number of para-hydroxylation sites is 3. The van der Waals surface area contributed by atoms with Gasteiger partial charge in [-0.2, -0.15) is 0 Å². The van der Waals surface area contributed by atoms with Crippen molar-refractivity contribution >= 4 is 23.0 Å². The first kappa shape index (κ1) is 18.9. The molecule has 0 bridgehead atoms. The highest BCUT2D eigenvalue weighted by Crippen LogP contribution is 2.25. The number of carbonyl (C=O) groups excluding carboxylic acids is 1. The van der Waals surface area contributed by atoms with Crippen molar-refractivity contribution < 1.29 is 14.5 Å². The molecular weight excluding hydrogens is 358 g/mol. The van der Waals surface area contributed by atoms with Crippen LogP contribution in [-0.4, -0.2) is 16.9 Å². The molecule has 0 aliphatic heterocycles. The summed E-state index contributed by atoms with van der Waals surface area (Å²) in [4.78, 5) is 22.9. The smallest absolute Gasteiger partial charge is 0.292 e. The van der Waals surface area contributed by atoms with E-state index in [-0.39, 0.29) is 17.3 Å². The number of hydrogen-bond donors (Lipinski definition) is 2. The molecular formula is C21H19N3O4. The molecule has 142 valence electrons. The van der Waals surface area contributed by atoms with Gasteiger partial charge in [0.25, 0.3) is 5.69 Å². The van der Waals surface area contributed by atoms with E-state index in [0.717, 1.165) is 11.4 Å². The first-order chi connectivity index (χ1) is 13.5. The van der Waals surface area contributed by atoms with Crippen molar-refractivity contribution in [2.75, 3.05) is 10.6 Å². The Labute approximate surface area is 162 Å². The summed E-state index contributed by atoms with van der Waals surface area (Å²) >= 11 is 0. The zero-order valence-corrected chi connectivity index (χ0v) is 15.2. The average molecular weight is 377 g/mol. The van der Waals surface area contributed by atoms with Gasteiger partial charge >= 0.3 is 0 Å². The number of rotatable bonds is 7. The molecule has 0 aliphatic carbocycles. The molecule has 0 radical (unpaired) electrons. The van der Waals surface area contributed by atoms with E-state index >= 15 is 0 Å². The SMILES string of the molecule is CC(Nc1ccc(Oc2ccccc2)cc1)C(=O)Nc1ccccc1[N+](=O)[O-]. The highest BCUT2D eigenvalue weighted by molar-refractivity contribution is 5.97. The highest BCUT2D eigenvalue weighted by Gasteiger charge is 2.18. The van der Waals surface area contributed by atoms with Crippen molar-refractivity contribution in [1.82, 2.24) is 0 Å². The maximum atomic E-state index is 12.4. The average Bonchev–Trinajstić information content (AvgIpc) is 2.70. The molecule has 0 aromatic heterocycles. The Morgan fingerprint density at radius 3 is 2.21 bits per heavy atom. The monoisotopic (exact) mass is 377 g/mol. The summed E-state index contributed by atoms with van der Waals surface area (Å²) in [5, 5.41) is 16.7. The van der Waals surface area contributed by atoms with Crippen LogP contribution in [0.25, 0.3) is 0 Å². The van der Waals surface area contributed by atoms with Crippen molar-refractivity contribution in [3.05, 3.63) is 89.0 Å². The van der Waals surface area contributed by atoms with Crippen LogP contribution in [0.2, 0.25) is 0 Å². The molecule has 3 aromatic carbocycles. The van der Waals surface area contributed by atoms with Crippen LogP contribution in [0, 0.1) is 10.1 Å². The van der Waals surface area contributed by atoms with Gasteiger partial charge in [0.15, 0.2) is 0 Å². The number of nitro groups is 1. The second-order valence-electron chi connectivity index (χ2n) is 6.07. The summed E-state index contributed by atoms with van der Waals surface area (Å²) in [6.07, 6.45) is 0. The van der Waals surface area contributed by atoms with E-state index in [4.69, 9.17) is 4.74 Å². The number of hydrogen-bond acceptors (Lipinski definition) is 5. The van der Waals surface area contributed by atoms with Crippen LogP contribution in [0.15, 0.2) is 78.9 Å². The normalized spacial score (nSPS) is 11.3. The molecule has 28 heavy (non-hydrogen) atoms. The van der Waals surface area contributed by atoms with Crippen LogP contribution in [0.5, 0.6) is 11.5 Å². The third kappa shape index (κ3) is 4.85. The van der Waals surface area contributed by atoms with Gasteiger partial charge in [-0.1, -0.05) is 30.3 Å².